The van der Waals surface area contributed by atoms with E-state index in [-0.39, 0.29) is 0 Å². The summed E-state index contributed by atoms with van der Waals surface area (Å²) < 4.78 is 2.35. The molecule has 0 spiro atoms. The summed E-state index contributed by atoms with van der Waals surface area (Å²) in [6, 6.07) is 2.51. The van der Waals surface area contributed by atoms with Gasteiger partial charge in [0.2, 0.25) is 0 Å². The number of hydrogen-bond donors (Lipinski definition) is 0. The predicted molar refractivity (Wildman–Crippen MR) is 76.7 cm³/mol. The minimum Gasteiger partial charge on any atom is -0.347 e. The van der Waals surface area contributed by atoms with Gasteiger partial charge in [-0.05, 0) is 51.8 Å². The van der Waals surface area contributed by atoms with Gasteiger partial charge in [0, 0.05) is 36.5 Å². The maximum atomic E-state index is 11.9. The Morgan fingerprint density at radius 3 is 2.74 bits per heavy atom. The van der Waals surface area contributed by atoms with Crippen LogP contribution in [0, 0.1) is 0 Å². The molecule has 1 aliphatic heterocycles. The average molecular weight is 260 g/mol. The van der Waals surface area contributed by atoms with Gasteiger partial charge in [-0.2, -0.15) is 0 Å². The molecule has 0 amide bonds. The van der Waals surface area contributed by atoms with Crippen molar-refractivity contribution in [2.24, 2.45) is 0 Å². The molecule has 1 unspecified atom stereocenters. The zero-order valence-electron chi connectivity index (χ0n) is 11.9. The van der Waals surface area contributed by atoms with Gasteiger partial charge < -0.3 is 9.47 Å². The Bertz CT molecular complexity index is 457. The first kappa shape index (κ1) is 12.9. The first-order chi connectivity index (χ1) is 9.25. The Labute approximate surface area is 115 Å². The van der Waals surface area contributed by atoms with Crippen LogP contribution in [0.15, 0.2) is 12.3 Å². The molecule has 1 aromatic rings. The fourth-order valence-electron chi connectivity index (χ4n) is 3.57. The number of nitrogens with zero attached hydrogens (tertiary/aromatic N) is 2. The largest absolute Gasteiger partial charge is 0.347 e. The van der Waals surface area contributed by atoms with E-state index in [9.17, 15) is 4.79 Å². The van der Waals surface area contributed by atoms with Gasteiger partial charge in [0.1, 0.15) is 0 Å². The Kier molecular flexibility index (Phi) is 3.74. The number of hydrogen-bond acceptors (Lipinski definition) is 2. The summed E-state index contributed by atoms with van der Waals surface area (Å²) in [4.78, 5) is 14.5. The summed E-state index contributed by atoms with van der Waals surface area (Å²) in [6.07, 6.45) is 9.02. The molecule has 0 aromatic carbocycles. The average Bonchev–Trinajstić information content (AvgIpc) is 2.85. The summed E-state index contributed by atoms with van der Waals surface area (Å²) in [5.41, 5.74) is 2.26. The van der Waals surface area contributed by atoms with Crippen molar-refractivity contribution in [1.29, 1.82) is 0 Å². The molecule has 2 heterocycles. The highest BCUT2D eigenvalue weighted by Gasteiger charge is 2.23. The number of carbonyl (C=O) groups is 1. The first-order valence-corrected chi connectivity index (χ1v) is 7.71. The van der Waals surface area contributed by atoms with E-state index in [1.165, 1.54) is 38.0 Å². The molecule has 1 atom stereocenters. The third-order valence-electron chi connectivity index (χ3n) is 4.59. The van der Waals surface area contributed by atoms with Crippen molar-refractivity contribution in [1.82, 2.24) is 9.47 Å². The van der Waals surface area contributed by atoms with E-state index in [0.717, 1.165) is 31.4 Å². The number of likely N-dealkylation sites (tertiary alicyclic amines) is 1. The van der Waals surface area contributed by atoms with Crippen molar-refractivity contribution < 1.29 is 4.79 Å². The lowest BCUT2D eigenvalue weighted by atomic mass is 9.96. The highest BCUT2D eigenvalue weighted by Crippen LogP contribution is 2.26. The van der Waals surface area contributed by atoms with E-state index in [1.54, 1.807) is 0 Å². The predicted octanol–water partition coefficient (Wildman–Crippen LogP) is 3.05. The van der Waals surface area contributed by atoms with E-state index >= 15 is 0 Å². The van der Waals surface area contributed by atoms with Gasteiger partial charge in [-0.15, -0.1) is 0 Å². The van der Waals surface area contributed by atoms with E-state index in [0.29, 0.717) is 11.8 Å². The van der Waals surface area contributed by atoms with Crippen molar-refractivity contribution >= 4 is 5.78 Å². The fourth-order valence-corrected chi connectivity index (χ4v) is 3.57. The summed E-state index contributed by atoms with van der Waals surface area (Å²) in [7, 11) is 0. The first-order valence-electron chi connectivity index (χ1n) is 7.71. The Hall–Kier alpha value is -1.09. The maximum absolute atomic E-state index is 11.9. The molecule has 1 saturated heterocycles. The molecule has 0 radical (unpaired) electrons. The summed E-state index contributed by atoms with van der Waals surface area (Å²) in [6.45, 7) is 5.89. The molecule has 0 bridgehead atoms. The van der Waals surface area contributed by atoms with Crippen LogP contribution in [0.25, 0.3) is 0 Å². The number of rotatable bonds is 3. The Morgan fingerprint density at radius 1 is 1.16 bits per heavy atom. The zero-order valence-corrected chi connectivity index (χ0v) is 11.9. The summed E-state index contributed by atoms with van der Waals surface area (Å²) >= 11 is 0. The SMILES string of the molecule is CC(CN1CCCCC1)n1ccc2c1CCCC2=O. The number of ketones is 1. The summed E-state index contributed by atoms with van der Waals surface area (Å²) in [5, 5.41) is 0. The molecule has 1 aromatic heterocycles. The topological polar surface area (TPSA) is 25.2 Å². The molecule has 2 aliphatic rings. The smallest absolute Gasteiger partial charge is 0.164 e. The summed E-state index contributed by atoms with van der Waals surface area (Å²) in [5.74, 6) is 0.338. The second kappa shape index (κ2) is 5.49. The lowest BCUT2D eigenvalue weighted by Gasteiger charge is -2.30. The van der Waals surface area contributed by atoms with Crippen LogP contribution >= 0.6 is 0 Å². The molecule has 0 saturated carbocycles. The number of piperidine rings is 1. The van der Waals surface area contributed by atoms with Crippen LogP contribution in [0.2, 0.25) is 0 Å². The lowest BCUT2D eigenvalue weighted by molar-refractivity contribution is 0.0971. The van der Waals surface area contributed by atoms with E-state index in [2.05, 4.69) is 22.6 Å². The minimum absolute atomic E-state index is 0.338. The monoisotopic (exact) mass is 260 g/mol. The molecule has 0 N–H and O–H groups in total. The fraction of sp³-hybridized carbons (Fsp3) is 0.688. The van der Waals surface area contributed by atoms with Crippen molar-refractivity contribution in [3.8, 4) is 0 Å². The van der Waals surface area contributed by atoms with E-state index in [1.807, 2.05) is 6.07 Å². The van der Waals surface area contributed by atoms with Crippen LogP contribution in [0.5, 0.6) is 0 Å². The standard InChI is InChI=1S/C16H24N2O/c1-13(12-17-9-3-2-4-10-17)18-11-8-14-15(18)6-5-7-16(14)19/h8,11,13H,2-7,9-10,12H2,1H3. The highest BCUT2D eigenvalue weighted by atomic mass is 16.1. The van der Waals surface area contributed by atoms with E-state index in [4.69, 9.17) is 0 Å². The molecule has 3 rings (SSSR count). The molecule has 19 heavy (non-hydrogen) atoms. The Balaban J connectivity index is 1.72. The van der Waals surface area contributed by atoms with Crippen molar-refractivity contribution in [3.05, 3.63) is 23.5 Å². The second-order valence-electron chi connectivity index (χ2n) is 6.07. The molecular weight excluding hydrogens is 236 g/mol. The van der Waals surface area contributed by atoms with Gasteiger partial charge in [0.05, 0.1) is 0 Å². The van der Waals surface area contributed by atoms with Crippen LogP contribution < -0.4 is 0 Å². The van der Waals surface area contributed by atoms with Crippen molar-refractivity contribution in [2.45, 2.75) is 51.5 Å². The number of carbonyl (C=O) groups excluding carboxylic acids is 1. The molecule has 3 heteroatoms. The van der Waals surface area contributed by atoms with Gasteiger partial charge in [0.15, 0.2) is 5.78 Å². The quantitative estimate of drug-likeness (QED) is 0.834. The second-order valence-corrected chi connectivity index (χ2v) is 6.07. The van der Waals surface area contributed by atoms with Crippen LogP contribution in [-0.2, 0) is 6.42 Å². The van der Waals surface area contributed by atoms with Crippen LogP contribution in [0.4, 0.5) is 0 Å². The number of fused-ring (bicyclic) bond motifs is 1. The van der Waals surface area contributed by atoms with E-state index < -0.39 is 0 Å². The third-order valence-corrected chi connectivity index (χ3v) is 4.59. The Morgan fingerprint density at radius 2 is 1.95 bits per heavy atom. The van der Waals surface area contributed by atoms with Gasteiger partial charge in [-0.1, -0.05) is 6.42 Å². The molecular formula is C16H24N2O. The zero-order chi connectivity index (χ0) is 13.2. The van der Waals surface area contributed by atoms with Crippen molar-refractivity contribution in [3.63, 3.8) is 0 Å². The van der Waals surface area contributed by atoms with Gasteiger partial charge in [-0.3, -0.25) is 4.79 Å². The van der Waals surface area contributed by atoms with Crippen LogP contribution in [0.3, 0.4) is 0 Å². The molecule has 104 valence electrons. The number of aromatic nitrogens is 1. The molecule has 1 aliphatic carbocycles. The van der Waals surface area contributed by atoms with Gasteiger partial charge in [-0.25, -0.2) is 0 Å². The third kappa shape index (κ3) is 2.62. The lowest BCUT2D eigenvalue weighted by Crippen LogP contribution is -2.34. The van der Waals surface area contributed by atoms with Gasteiger partial charge in [0.25, 0.3) is 0 Å². The van der Waals surface area contributed by atoms with Crippen molar-refractivity contribution in [2.75, 3.05) is 19.6 Å². The number of Topliss-reactive ketones (excluding diaryl/α,β-unsaturated/α-hetero) is 1. The molecule has 3 nitrogen and oxygen atoms in total. The van der Waals surface area contributed by atoms with Crippen LogP contribution in [-0.4, -0.2) is 34.9 Å². The minimum atomic E-state index is 0.338. The van der Waals surface area contributed by atoms with Crippen LogP contribution in [0.1, 0.15) is 61.1 Å². The maximum Gasteiger partial charge on any atom is 0.164 e. The normalized spacial score (nSPS) is 22.3. The van der Waals surface area contributed by atoms with Gasteiger partial charge >= 0.3 is 0 Å². The highest BCUT2D eigenvalue weighted by molar-refractivity contribution is 5.98. The molecule has 1 fully saturated rings.